The number of nitrogens with one attached hydrogen (secondary N) is 1. The lowest BCUT2D eigenvalue weighted by Gasteiger charge is -2.21. The Kier molecular flexibility index (Phi) is 4.48. The van der Waals surface area contributed by atoms with Gasteiger partial charge in [-0.15, -0.1) is 0 Å². The molecule has 100 valence electrons. The third-order valence-electron chi connectivity index (χ3n) is 3.17. The van der Waals surface area contributed by atoms with E-state index in [1.807, 2.05) is 6.07 Å². The first-order valence-electron chi connectivity index (χ1n) is 6.24. The van der Waals surface area contributed by atoms with Crippen molar-refractivity contribution in [1.29, 1.82) is 5.26 Å². The molecule has 0 spiro atoms. The van der Waals surface area contributed by atoms with Gasteiger partial charge in [0.15, 0.2) is 0 Å². The monoisotopic (exact) mass is 262 g/mol. The van der Waals surface area contributed by atoms with Gasteiger partial charge < -0.3 is 10.1 Å². The number of benzene rings is 1. The minimum absolute atomic E-state index is 0.108. The van der Waals surface area contributed by atoms with Gasteiger partial charge in [-0.1, -0.05) is 6.07 Å². The van der Waals surface area contributed by atoms with Crippen LogP contribution < -0.4 is 5.32 Å². The summed E-state index contributed by atoms with van der Waals surface area (Å²) < 4.78 is 18.8. The number of hydrogen-bond donors (Lipinski definition) is 1. The molecule has 5 heteroatoms. The number of carbonyl (C=O) groups excluding carboxylic acids is 1. The Hall–Kier alpha value is -1.93. The third kappa shape index (κ3) is 3.52. The van der Waals surface area contributed by atoms with Crippen molar-refractivity contribution in [3.8, 4) is 6.07 Å². The molecule has 1 aliphatic heterocycles. The van der Waals surface area contributed by atoms with Crippen molar-refractivity contribution < 1.29 is 13.9 Å². The van der Waals surface area contributed by atoms with Crippen LogP contribution in [-0.4, -0.2) is 19.1 Å². The van der Waals surface area contributed by atoms with Crippen LogP contribution in [0.25, 0.3) is 0 Å². The normalized spacial score (nSPS) is 18.6. The Labute approximate surface area is 111 Å². The van der Waals surface area contributed by atoms with E-state index in [0.29, 0.717) is 18.8 Å². The fourth-order valence-electron chi connectivity index (χ4n) is 2.03. The molecule has 1 atom stereocenters. The highest BCUT2D eigenvalue weighted by molar-refractivity contribution is 5.78. The summed E-state index contributed by atoms with van der Waals surface area (Å²) in [7, 11) is 0. The van der Waals surface area contributed by atoms with Crippen molar-refractivity contribution in [3.63, 3.8) is 0 Å². The standard InChI is InChI=1S/C14H15FN2O2/c15-13-6-10(7-16)3-4-11(13)8-17-14(18)12-2-1-5-19-9-12/h3-4,6,12H,1-2,5,8-9H2,(H,17,18). The van der Waals surface area contributed by atoms with E-state index in [-0.39, 0.29) is 23.9 Å². The van der Waals surface area contributed by atoms with E-state index in [2.05, 4.69) is 5.32 Å². The quantitative estimate of drug-likeness (QED) is 0.902. The lowest BCUT2D eigenvalue weighted by Crippen LogP contribution is -2.35. The van der Waals surface area contributed by atoms with Crippen LogP contribution in [0.1, 0.15) is 24.0 Å². The lowest BCUT2D eigenvalue weighted by molar-refractivity contribution is -0.129. The van der Waals surface area contributed by atoms with Crippen LogP contribution in [-0.2, 0) is 16.1 Å². The highest BCUT2D eigenvalue weighted by atomic mass is 19.1. The first kappa shape index (κ1) is 13.5. The third-order valence-corrected chi connectivity index (χ3v) is 3.17. The molecule has 1 unspecified atom stereocenters. The summed E-state index contributed by atoms with van der Waals surface area (Å²) in [6, 6.07) is 6.09. The Morgan fingerprint density at radius 1 is 1.58 bits per heavy atom. The zero-order valence-corrected chi connectivity index (χ0v) is 10.5. The Morgan fingerprint density at radius 3 is 3.05 bits per heavy atom. The Bertz CT molecular complexity index is 505. The van der Waals surface area contributed by atoms with Crippen LogP contribution in [0, 0.1) is 23.1 Å². The predicted molar refractivity (Wildman–Crippen MR) is 66.5 cm³/mol. The molecule has 1 N–H and O–H groups in total. The van der Waals surface area contributed by atoms with Crippen molar-refractivity contribution in [2.45, 2.75) is 19.4 Å². The summed E-state index contributed by atoms with van der Waals surface area (Å²) in [6.07, 6.45) is 1.69. The molecule has 1 amide bonds. The number of halogens is 1. The number of nitrogens with zero attached hydrogens (tertiary/aromatic N) is 1. The van der Waals surface area contributed by atoms with Crippen LogP contribution in [0.15, 0.2) is 18.2 Å². The van der Waals surface area contributed by atoms with Crippen molar-refractivity contribution >= 4 is 5.91 Å². The number of ether oxygens (including phenoxy) is 1. The topological polar surface area (TPSA) is 62.1 Å². The van der Waals surface area contributed by atoms with E-state index in [0.717, 1.165) is 12.8 Å². The number of amides is 1. The first-order chi connectivity index (χ1) is 9.20. The zero-order valence-electron chi connectivity index (χ0n) is 10.5. The van der Waals surface area contributed by atoms with Crippen LogP contribution in [0.4, 0.5) is 4.39 Å². The molecular formula is C14H15FN2O2. The molecule has 4 nitrogen and oxygen atoms in total. The van der Waals surface area contributed by atoms with Gasteiger partial charge in [0.05, 0.1) is 24.2 Å². The molecule has 1 aromatic carbocycles. The van der Waals surface area contributed by atoms with Gasteiger partial charge in [-0.3, -0.25) is 4.79 Å². The largest absolute Gasteiger partial charge is 0.381 e. The Balaban J connectivity index is 1.91. The summed E-state index contributed by atoms with van der Waals surface area (Å²) >= 11 is 0. The van der Waals surface area contributed by atoms with Gasteiger partial charge in [0.2, 0.25) is 5.91 Å². The fraction of sp³-hybridized carbons (Fsp3) is 0.429. The number of nitriles is 1. The molecule has 1 aromatic rings. The lowest BCUT2D eigenvalue weighted by atomic mass is 10.0. The van der Waals surface area contributed by atoms with E-state index in [4.69, 9.17) is 10.00 Å². The highest BCUT2D eigenvalue weighted by Gasteiger charge is 2.21. The predicted octanol–water partition coefficient (Wildman–Crippen LogP) is 1.74. The second kappa shape index (κ2) is 6.30. The zero-order chi connectivity index (χ0) is 13.7. The van der Waals surface area contributed by atoms with E-state index in [1.54, 1.807) is 0 Å². The minimum atomic E-state index is -0.473. The highest BCUT2D eigenvalue weighted by Crippen LogP contribution is 2.14. The van der Waals surface area contributed by atoms with Crippen molar-refractivity contribution in [2.75, 3.05) is 13.2 Å². The van der Waals surface area contributed by atoms with Crippen molar-refractivity contribution in [1.82, 2.24) is 5.32 Å². The summed E-state index contributed by atoms with van der Waals surface area (Å²) in [4.78, 5) is 11.8. The molecule has 1 heterocycles. The molecule has 0 aromatic heterocycles. The second-order valence-corrected chi connectivity index (χ2v) is 4.55. The number of carbonyl (C=O) groups is 1. The maximum Gasteiger partial charge on any atom is 0.225 e. The molecule has 19 heavy (non-hydrogen) atoms. The average molecular weight is 262 g/mol. The smallest absolute Gasteiger partial charge is 0.225 e. The van der Waals surface area contributed by atoms with Crippen molar-refractivity contribution in [3.05, 3.63) is 35.1 Å². The van der Waals surface area contributed by atoms with E-state index < -0.39 is 5.82 Å². The summed E-state index contributed by atoms with van der Waals surface area (Å²) in [5.41, 5.74) is 0.650. The molecule has 1 aliphatic rings. The molecule has 2 rings (SSSR count). The minimum Gasteiger partial charge on any atom is -0.381 e. The van der Waals surface area contributed by atoms with Crippen LogP contribution >= 0.6 is 0 Å². The van der Waals surface area contributed by atoms with Gasteiger partial charge in [-0.05, 0) is 25.0 Å². The molecule has 0 saturated carbocycles. The molecule has 1 fully saturated rings. The molecular weight excluding hydrogens is 247 g/mol. The summed E-state index contributed by atoms with van der Waals surface area (Å²) in [6.45, 7) is 1.27. The summed E-state index contributed by atoms with van der Waals surface area (Å²) in [5.74, 6) is -0.724. The van der Waals surface area contributed by atoms with E-state index >= 15 is 0 Å². The number of hydrogen-bond acceptors (Lipinski definition) is 3. The van der Waals surface area contributed by atoms with E-state index in [1.165, 1.54) is 18.2 Å². The SMILES string of the molecule is N#Cc1ccc(CNC(=O)C2CCCOC2)c(F)c1. The fourth-order valence-corrected chi connectivity index (χ4v) is 2.03. The molecule has 0 bridgehead atoms. The maximum atomic E-state index is 13.6. The van der Waals surface area contributed by atoms with Crippen LogP contribution in [0.2, 0.25) is 0 Å². The van der Waals surface area contributed by atoms with Gasteiger partial charge in [0.1, 0.15) is 5.82 Å². The van der Waals surface area contributed by atoms with Gasteiger partial charge >= 0.3 is 0 Å². The van der Waals surface area contributed by atoms with Crippen LogP contribution in [0.5, 0.6) is 0 Å². The molecule has 0 radical (unpaired) electrons. The summed E-state index contributed by atoms with van der Waals surface area (Å²) in [5, 5.41) is 11.3. The van der Waals surface area contributed by atoms with Crippen molar-refractivity contribution in [2.24, 2.45) is 5.92 Å². The number of rotatable bonds is 3. The first-order valence-corrected chi connectivity index (χ1v) is 6.24. The average Bonchev–Trinajstić information content (AvgIpc) is 2.46. The van der Waals surface area contributed by atoms with Gasteiger partial charge in [0, 0.05) is 18.7 Å². The van der Waals surface area contributed by atoms with Crippen LogP contribution in [0.3, 0.4) is 0 Å². The maximum absolute atomic E-state index is 13.6. The Morgan fingerprint density at radius 2 is 2.42 bits per heavy atom. The second-order valence-electron chi connectivity index (χ2n) is 4.55. The van der Waals surface area contributed by atoms with Gasteiger partial charge in [0.25, 0.3) is 0 Å². The molecule has 0 aliphatic carbocycles. The van der Waals surface area contributed by atoms with E-state index in [9.17, 15) is 9.18 Å². The van der Waals surface area contributed by atoms with Gasteiger partial charge in [-0.2, -0.15) is 5.26 Å². The van der Waals surface area contributed by atoms with Gasteiger partial charge in [-0.25, -0.2) is 4.39 Å². The molecule has 1 saturated heterocycles.